The van der Waals surface area contributed by atoms with Gasteiger partial charge < -0.3 is 5.73 Å². The second kappa shape index (κ2) is 5.50. The molecule has 0 aliphatic rings. The van der Waals surface area contributed by atoms with Crippen LogP contribution < -0.4 is 5.73 Å². The van der Waals surface area contributed by atoms with E-state index in [9.17, 15) is 4.79 Å². The van der Waals surface area contributed by atoms with Crippen LogP contribution in [0, 0.1) is 0 Å². The van der Waals surface area contributed by atoms with E-state index in [-0.39, 0.29) is 5.78 Å². The van der Waals surface area contributed by atoms with Gasteiger partial charge in [0.2, 0.25) is 5.78 Å². The van der Waals surface area contributed by atoms with E-state index < -0.39 is 0 Å². The Hall–Kier alpha value is -2.08. The number of nitrogens with two attached hydrogens (primary N) is 1. The molecule has 94 valence electrons. The first kappa shape index (κ1) is 12.4. The number of aryl methyl sites for hydroxylation is 1. The van der Waals surface area contributed by atoms with Crippen LogP contribution in [0.25, 0.3) is 0 Å². The standard InChI is InChI=1S/C12H15N5O/c1-2-5-17-11(8-15-16-17)12(18)9-3-4-14-10(6-9)7-13/h3-4,6,8H,2,5,7,13H2,1H3. The van der Waals surface area contributed by atoms with Gasteiger partial charge in [0.1, 0.15) is 5.69 Å². The van der Waals surface area contributed by atoms with Crippen LogP contribution in [-0.2, 0) is 13.1 Å². The molecule has 0 amide bonds. The number of nitrogens with zero attached hydrogens (tertiary/aromatic N) is 4. The lowest BCUT2D eigenvalue weighted by atomic mass is 10.1. The number of rotatable bonds is 5. The molecule has 2 aromatic rings. The van der Waals surface area contributed by atoms with E-state index >= 15 is 0 Å². The minimum Gasteiger partial charge on any atom is -0.325 e. The Balaban J connectivity index is 2.32. The summed E-state index contributed by atoms with van der Waals surface area (Å²) in [5.74, 6) is -0.106. The highest BCUT2D eigenvalue weighted by atomic mass is 16.1. The molecule has 0 radical (unpaired) electrons. The molecule has 18 heavy (non-hydrogen) atoms. The lowest BCUT2D eigenvalue weighted by Gasteiger charge is -2.04. The molecule has 0 aliphatic carbocycles. The first-order valence-electron chi connectivity index (χ1n) is 5.84. The molecular formula is C12H15N5O. The van der Waals surface area contributed by atoms with Crippen molar-refractivity contribution in [1.82, 2.24) is 20.0 Å². The number of hydrogen-bond acceptors (Lipinski definition) is 5. The molecule has 6 heteroatoms. The highest BCUT2D eigenvalue weighted by Gasteiger charge is 2.15. The second-order valence-electron chi connectivity index (χ2n) is 3.91. The molecule has 0 spiro atoms. The monoisotopic (exact) mass is 245 g/mol. The minimum atomic E-state index is -0.106. The molecule has 2 rings (SSSR count). The number of carbonyl (C=O) groups excluding carboxylic acids is 1. The Labute approximate surface area is 105 Å². The summed E-state index contributed by atoms with van der Waals surface area (Å²) in [6.45, 7) is 3.01. The average molecular weight is 245 g/mol. The Kier molecular flexibility index (Phi) is 3.78. The third-order valence-corrected chi connectivity index (χ3v) is 2.57. The predicted molar refractivity (Wildman–Crippen MR) is 65.9 cm³/mol. The highest BCUT2D eigenvalue weighted by molar-refractivity contribution is 6.07. The first-order chi connectivity index (χ1) is 8.76. The van der Waals surface area contributed by atoms with E-state index in [1.165, 1.54) is 6.20 Å². The number of carbonyl (C=O) groups is 1. The largest absolute Gasteiger partial charge is 0.325 e. The van der Waals surface area contributed by atoms with Gasteiger partial charge in [-0.15, -0.1) is 5.10 Å². The van der Waals surface area contributed by atoms with E-state index in [2.05, 4.69) is 15.3 Å². The number of hydrogen-bond donors (Lipinski definition) is 1. The Morgan fingerprint density at radius 2 is 2.33 bits per heavy atom. The smallest absolute Gasteiger partial charge is 0.212 e. The minimum absolute atomic E-state index is 0.106. The summed E-state index contributed by atoms with van der Waals surface area (Å²) >= 11 is 0. The van der Waals surface area contributed by atoms with Gasteiger partial charge in [0.15, 0.2) is 0 Å². The molecule has 0 fully saturated rings. The lowest BCUT2D eigenvalue weighted by Crippen LogP contribution is -2.12. The van der Waals surface area contributed by atoms with E-state index in [4.69, 9.17) is 5.73 Å². The van der Waals surface area contributed by atoms with Crippen molar-refractivity contribution in [2.24, 2.45) is 5.73 Å². The molecule has 0 atom stereocenters. The quantitative estimate of drug-likeness (QED) is 0.786. The Morgan fingerprint density at radius 3 is 3.06 bits per heavy atom. The third-order valence-electron chi connectivity index (χ3n) is 2.57. The molecule has 2 N–H and O–H groups in total. The van der Waals surface area contributed by atoms with Crippen molar-refractivity contribution in [3.05, 3.63) is 41.5 Å². The zero-order valence-corrected chi connectivity index (χ0v) is 10.2. The number of aromatic nitrogens is 4. The van der Waals surface area contributed by atoms with E-state index in [1.54, 1.807) is 23.0 Å². The average Bonchev–Trinajstić information content (AvgIpc) is 2.86. The zero-order chi connectivity index (χ0) is 13.0. The first-order valence-corrected chi connectivity index (χ1v) is 5.84. The van der Waals surface area contributed by atoms with Gasteiger partial charge in [0, 0.05) is 24.8 Å². The van der Waals surface area contributed by atoms with Gasteiger partial charge in [-0.2, -0.15) is 0 Å². The van der Waals surface area contributed by atoms with Crippen molar-refractivity contribution in [2.75, 3.05) is 0 Å². The SMILES string of the molecule is CCCn1nncc1C(=O)c1ccnc(CN)c1. The highest BCUT2D eigenvalue weighted by Crippen LogP contribution is 2.09. The normalized spacial score (nSPS) is 10.6. The summed E-state index contributed by atoms with van der Waals surface area (Å²) < 4.78 is 1.62. The fraction of sp³-hybridized carbons (Fsp3) is 0.333. The van der Waals surface area contributed by atoms with Crippen molar-refractivity contribution < 1.29 is 4.79 Å². The van der Waals surface area contributed by atoms with Gasteiger partial charge in [-0.05, 0) is 18.6 Å². The van der Waals surface area contributed by atoms with Crippen molar-refractivity contribution in [3.63, 3.8) is 0 Å². The fourth-order valence-corrected chi connectivity index (χ4v) is 1.69. The number of pyridine rings is 1. The summed E-state index contributed by atoms with van der Waals surface area (Å²) in [5, 5.41) is 7.68. The summed E-state index contributed by atoms with van der Waals surface area (Å²) in [6, 6.07) is 3.37. The van der Waals surface area contributed by atoms with Gasteiger partial charge in [-0.25, -0.2) is 4.68 Å². The van der Waals surface area contributed by atoms with Crippen LogP contribution >= 0.6 is 0 Å². The molecule has 2 aromatic heterocycles. The molecule has 2 heterocycles. The Morgan fingerprint density at radius 1 is 1.50 bits per heavy atom. The molecule has 0 bridgehead atoms. The number of ketones is 1. The molecule has 0 aromatic carbocycles. The zero-order valence-electron chi connectivity index (χ0n) is 10.2. The van der Waals surface area contributed by atoms with Crippen molar-refractivity contribution in [3.8, 4) is 0 Å². The lowest BCUT2D eigenvalue weighted by molar-refractivity contribution is 0.102. The molecule has 0 aliphatic heterocycles. The predicted octanol–water partition coefficient (Wildman–Crippen LogP) is 0.773. The fourth-order valence-electron chi connectivity index (χ4n) is 1.69. The molecule has 0 unspecified atom stereocenters. The summed E-state index contributed by atoms with van der Waals surface area (Å²) in [4.78, 5) is 16.4. The summed E-state index contributed by atoms with van der Waals surface area (Å²) in [5.41, 5.74) is 7.25. The maximum atomic E-state index is 12.3. The maximum absolute atomic E-state index is 12.3. The third kappa shape index (κ3) is 2.43. The summed E-state index contributed by atoms with van der Waals surface area (Å²) in [6.07, 6.45) is 3.97. The van der Waals surface area contributed by atoms with Gasteiger partial charge >= 0.3 is 0 Å². The maximum Gasteiger partial charge on any atom is 0.212 e. The van der Waals surface area contributed by atoms with Gasteiger partial charge in [-0.1, -0.05) is 12.1 Å². The van der Waals surface area contributed by atoms with Gasteiger partial charge in [0.05, 0.1) is 11.9 Å². The van der Waals surface area contributed by atoms with E-state index in [0.29, 0.717) is 30.0 Å². The Bertz CT molecular complexity index is 549. The van der Waals surface area contributed by atoms with Crippen LogP contribution in [0.5, 0.6) is 0 Å². The molecule has 6 nitrogen and oxygen atoms in total. The van der Waals surface area contributed by atoms with Crippen LogP contribution in [0.4, 0.5) is 0 Å². The van der Waals surface area contributed by atoms with Crippen LogP contribution in [0.2, 0.25) is 0 Å². The second-order valence-corrected chi connectivity index (χ2v) is 3.91. The van der Waals surface area contributed by atoms with Crippen molar-refractivity contribution >= 4 is 5.78 Å². The van der Waals surface area contributed by atoms with Gasteiger partial charge in [-0.3, -0.25) is 9.78 Å². The van der Waals surface area contributed by atoms with Crippen LogP contribution in [-0.4, -0.2) is 25.8 Å². The van der Waals surface area contributed by atoms with Crippen LogP contribution in [0.1, 0.15) is 35.1 Å². The van der Waals surface area contributed by atoms with E-state index in [1.807, 2.05) is 6.92 Å². The van der Waals surface area contributed by atoms with Gasteiger partial charge in [0.25, 0.3) is 0 Å². The van der Waals surface area contributed by atoms with Crippen molar-refractivity contribution in [1.29, 1.82) is 0 Å². The van der Waals surface area contributed by atoms with Crippen LogP contribution in [0.3, 0.4) is 0 Å². The van der Waals surface area contributed by atoms with E-state index in [0.717, 1.165) is 6.42 Å². The summed E-state index contributed by atoms with van der Waals surface area (Å²) in [7, 11) is 0. The molecular weight excluding hydrogens is 230 g/mol. The molecule has 0 saturated carbocycles. The van der Waals surface area contributed by atoms with Crippen LogP contribution in [0.15, 0.2) is 24.5 Å². The topological polar surface area (TPSA) is 86.7 Å². The molecule has 0 saturated heterocycles. The van der Waals surface area contributed by atoms with Crippen molar-refractivity contribution in [2.45, 2.75) is 26.4 Å².